The Labute approximate surface area is 182 Å². The Morgan fingerprint density at radius 2 is 2.00 bits per heavy atom. The highest BCUT2D eigenvalue weighted by atomic mass is 32.1. The first kappa shape index (κ1) is 20.3. The number of thiazole rings is 1. The SMILES string of the molecule is C#CCN(Cc1csc(N(C(C)=O)c2ccc(C)cc2)n1)[C@@H]1CCc2ccccc21. The largest absolute Gasteiger partial charge is 0.279 e. The molecule has 152 valence electrons. The van der Waals surface area contributed by atoms with Gasteiger partial charge in [-0.25, -0.2) is 4.98 Å². The molecule has 0 fully saturated rings. The molecule has 0 unspecified atom stereocenters. The van der Waals surface area contributed by atoms with Crippen LogP contribution in [0.4, 0.5) is 10.8 Å². The summed E-state index contributed by atoms with van der Waals surface area (Å²) in [5.74, 6) is 2.76. The predicted octanol–water partition coefficient (Wildman–Crippen LogP) is 5.26. The van der Waals surface area contributed by atoms with Crippen LogP contribution in [0.1, 0.15) is 41.8 Å². The monoisotopic (exact) mass is 415 g/mol. The van der Waals surface area contributed by atoms with Crippen LogP contribution in [0.2, 0.25) is 0 Å². The van der Waals surface area contributed by atoms with Gasteiger partial charge in [-0.1, -0.05) is 47.9 Å². The van der Waals surface area contributed by atoms with Crippen LogP contribution in [0.25, 0.3) is 0 Å². The van der Waals surface area contributed by atoms with Crippen molar-refractivity contribution in [2.75, 3.05) is 11.4 Å². The van der Waals surface area contributed by atoms with Crippen molar-refractivity contribution in [2.24, 2.45) is 0 Å². The fraction of sp³-hybridized carbons (Fsp3) is 0.280. The van der Waals surface area contributed by atoms with Gasteiger partial charge in [-0.2, -0.15) is 0 Å². The lowest BCUT2D eigenvalue weighted by Gasteiger charge is -2.27. The molecule has 0 N–H and O–H groups in total. The van der Waals surface area contributed by atoms with Crippen molar-refractivity contribution in [3.63, 3.8) is 0 Å². The van der Waals surface area contributed by atoms with Gasteiger partial charge in [0.05, 0.1) is 17.9 Å². The second-order valence-electron chi connectivity index (χ2n) is 7.67. The first-order valence-electron chi connectivity index (χ1n) is 10.1. The summed E-state index contributed by atoms with van der Waals surface area (Å²) >= 11 is 1.49. The minimum Gasteiger partial charge on any atom is -0.279 e. The number of carbonyl (C=O) groups is 1. The van der Waals surface area contributed by atoms with E-state index in [2.05, 4.69) is 35.1 Å². The molecule has 0 spiro atoms. The molecule has 0 saturated heterocycles. The number of aryl methyl sites for hydroxylation is 2. The number of amides is 1. The molecule has 1 heterocycles. The lowest BCUT2D eigenvalue weighted by molar-refractivity contribution is -0.115. The third-order valence-electron chi connectivity index (χ3n) is 5.54. The molecule has 30 heavy (non-hydrogen) atoms. The average Bonchev–Trinajstić information content (AvgIpc) is 3.36. The average molecular weight is 416 g/mol. The van der Waals surface area contributed by atoms with Crippen molar-refractivity contribution in [1.29, 1.82) is 0 Å². The van der Waals surface area contributed by atoms with Crippen LogP contribution >= 0.6 is 11.3 Å². The molecule has 0 saturated carbocycles. The smallest absolute Gasteiger partial charge is 0.230 e. The zero-order valence-electron chi connectivity index (χ0n) is 17.3. The first-order chi connectivity index (χ1) is 14.6. The summed E-state index contributed by atoms with van der Waals surface area (Å²) in [6.07, 6.45) is 7.84. The number of benzene rings is 2. The van der Waals surface area contributed by atoms with Crippen molar-refractivity contribution < 1.29 is 4.79 Å². The van der Waals surface area contributed by atoms with Crippen molar-refractivity contribution in [2.45, 2.75) is 39.3 Å². The van der Waals surface area contributed by atoms with Crippen LogP contribution in [0.5, 0.6) is 0 Å². The first-order valence-corrected chi connectivity index (χ1v) is 11.0. The molecule has 0 radical (unpaired) electrons. The second-order valence-corrected chi connectivity index (χ2v) is 8.51. The van der Waals surface area contributed by atoms with E-state index >= 15 is 0 Å². The van der Waals surface area contributed by atoms with Crippen LogP contribution in [-0.2, 0) is 17.8 Å². The molecule has 4 rings (SSSR count). The van der Waals surface area contributed by atoms with Crippen LogP contribution in [0, 0.1) is 19.3 Å². The minimum atomic E-state index is -0.0510. The molecular weight excluding hydrogens is 390 g/mol. The van der Waals surface area contributed by atoms with Gasteiger partial charge in [0, 0.05) is 24.9 Å². The Kier molecular flexibility index (Phi) is 5.98. The standard InChI is InChI=1S/C25H25N3OS/c1-4-15-27(24-14-11-20-7-5-6-8-23(20)24)16-21-17-30-25(26-21)28(19(3)29)22-12-9-18(2)10-13-22/h1,5-10,12-13,17,24H,11,14-16H2,2-3H3/t24-/m1/s1. The van der Waals surface area contributed by atoms with Gasteiger partial charge < -0.3 is 0 Å². The van der Waals surface area contributed by atoms with Gasteiger partial charge in [0.25, 0.3) is 0 Å². The Morgan fingerprint density at radius 3 is 2.73 bits per heavy atom. The molecule has 2 aromatic carbocycles. The zero-order chi connectivity index (χ0) is 21.1. The molecule has 1 atom stereocenters. The Bertz CT molecular complexity index is 1080. The maximum absolute atomic E-state index is 12.4. The molecule has 1 aliphatic carbocycles. The van der Waals surface area contributed by atoms with E-state index in [1.807, 2.05) is 36.6 Å². The topological polar surface area (TPSA) is 36.4 Å². The summed E-state index contributed by atoms with van der Waals surface area (Å²) in [5, 5.41) is 2.72. The van der Waals surface area contributed by atoms with Gasteiger partial charge >= 0.3 is 0 Å². The molecule has 1 amide bonds. The van der Waals surface area contributed by atoms with Crippen molar-refractivity contribution in [3.8, 4) is 12.3 Å². The highest BCUT2D eigenvalue weighted by Gasteiger charge is 2.28. The summed E-state index contributed by atoms with van der Waals surface area (Å²) in [7, 11) is 0. The Morgan fingerprint density at radius 1 is 1.23 bits per heavy atom. The highest BCUT2D eigenvalue weighted by Crippen LogP contribution is 2.37. The van der Waals surface area contributed by atoms with Gasteiger partial charge in [0.1, 0.15) is 0 Å². The van der Waals surface area contributed by atoms with E-state index in [-0.39, 0.29) is 5.91 Å². The molecule has 1 aliphatic rings. The van der Waals surface area contributed by atoms with E-state index in [1.165, 1.54) is 22.5 Å². The number of anilines is 2. The molecule has 3 aromatic rings. The van der Waals surface area contributed by atoms with E-state index in [1.54, 1.807) is 11.8 Å². The summed E-state index contributed by atoms with van der Waals surface area (Å²) in [5.41, 5.74) is 5.70. The number of fused-ring (bicyclic) bond motifs is 1. The Hall–Kier alpha value is -2.94. The van der Waals surface area contributed by atoms with Gasteiger partial charge in [-0.05, 0) is 43.0 Å². The molecule has 4 nitrogen and oxygen atoms in total. The number of carbonyl (C=O) groups excluding carboxylic acids is 1. The van der Waals surface area contributed by atoms with Crippen LogP contribution < -0.4 is 4.90 Å². The number of rotatable bonds is 6. The second kappa shape index (κ2) is 8.83. The zero-order valence-corrected chi connectivity index (χ0v) is 18.2. The summed E-state index contributed by atoms with van der Waals surface area (Å²) in [6, 6.07) is 16.8. The number of hydrogen-bond acceptors (Lipinski definition) is 4. The van der Waals surface area contributed by atoms with E-state index in [0.29, 0.717) is 24.3 Å². The van der Waals surface area contributed by atoms with Crippen molar-refractivity contribution >= 4 is 28.1 Å². The summed E-state index contributed by atoms with van der Waals surface area (Å²) in [4.78, 5) is 21.1. The minimum absolute atomic E-state index is 0.0510. The third kappa shape index (κ3) is 4.16. The molecule has 5 heteroatoms. The molecule has 0 bridgehead atoms. The number of nitrogens with zero attached hydrogens (tertiary/aromatic N) is 3. The van der Waals surface area contributed by atoms with Crippen LogP contribution in [-0.4, -0.2) is 22.3 Å². The van der Waals surface area contributed by atoms with Crippen LogP contribution in [0.3, 0.4) is 0 Å². The maximum atomic E-state index is 12.4. The maximum Gasteiger partial charge on any atom is 0.230 e. The Balaban J connectivity index is 1.57. The molecule has 1 aromatic heterocycles. The van der Waals surface area contributed by atoms with E-state index in [4.69, 9.17) is 11.4 Å². The number of terminal acetylenes is 1. The summed E-state index contributed by atoms with van der Waals surface area (Å²) in [6.45, 7) is 4.84. The van der Waals surface area contributed by atoms with E-state index < -0.39 is 0 Å². The van der Waals surface area contributed by atoms with Crippen molar-refractivity contribution in [1.82, 2.24) is 9.88 Å². The number of hydrogen-bond donors (Lipinski definition) is 0. The third-order valence-corrected chi connectivity index (χ3v) is 6.41. The lowest BCUT2D eigenvalue weighted by atomic mass is 10.1. The van der Waals surface area contributed by atoms with E-state index in [9.17, 15) is 4.79 Å². The normalized spacial score (nSPS) is 15.1. The quantitative estimate of drug-likeness (QED) is 0.515. The number of aromatic nitrogens is 1. The van der Waals surface area contributed by atoms with Gasteiger partial charge in [0.2, 0.25) is 5.91 Å². The van der Waals surface area contributed by atoms with Gasteiger partial charge in [-0.3, -0.25) is 14.6 Å². The highest BCUT2D eigenvalue weighted by molar-refractivity contribution is 7.14. The predicted molar refractivity (Wildman–Crippen MR) is 123 cm³/mol. The lowest BCUT2D eigenvalue weighted by Crippen LogP contribution is -2.28. The molecular formula is C25H25N3OS. The van der Waals surface area contributed by atoms with Crippen molar-refractivity contribution in [3.05, 3.63) is 76.3 Å². The fourth-order valence-electron chi connectivity index (χ4n) is 4.11. The van der Waals surface area contributed by atoms with E-state index in [0.717, 1.165) is 29.8 Å². The van der Waals surface area contributed by atoms with Gasteiger partial charge in [0.15, 0.2) is 5.13 Å². The fourth-order valence-corrected chi connectivity index (χ4v) is 4.99. The van der Waals surface area contributed by atoms with Crippen LogP contribution in [0.15, 0.2) is 53.9 Å². The summed E-state index contributed by atoms with van der Waals surface area (Å²) < 4.78 is 0. The van der Waals surface area contributed by atoms with Gasteiger partial charge in [-0.15, -0.1) is 17.8 Å². The molecule has 0 aliphatic heterocycles.